The van der Waals surface area contributed by atoms with Gasteiger partial charge < -0.3 is 9.64 Å². The van der Waals surface area contributed by atoms with Crippen molar-refractivity contribution in [2.24, 2.45) is 5.92 Å². The van der Waals surface area contributed by atoms with Gasteiger partial charge in [0.25, 0.3) is 0 Å². The fourth-order valence-electron chi connectivity index (χ4n) is 4.53. The van der Waals surface area contributed by atoms with Crippen LogP contribution >= 0.6 is 23.2 Å². The summed E-state index contributed by atoms with van der Waals surface area (Å²) in [4.78, 5) is 15.3. The van der Waals surface area contributed by atoms with Crippen LogP contribution in [0.2, 0.25) is 10.0 Å². The van der Waals surface area contributed by atoms with Crippen LogP contribution in [0.1, 0.15) is 62.1 Å². The minimum atomic E-state index is -0.0588. The van der Waals surface area contributed by atoms with Crippen LogP contribution in [0.5, 0.6) is 0 Å². The van der Waals surface area contributed by atoms with Gasteiger partial charge in [-0.1, -0.05) is 54.4 Å². The highest BCUT2D eigenvalue weighted by atomic mass is 35.5. The third kappa shape index (κ3) is 5.01. The maximum absolute atomic E-state index is 13.2. The molecular formula is C25H29Cl2NO2. The molecule has 2 unspecified atom stereocenters. The van der Waals surface area contributed by atoms with E-state index < -0.39 is 0 Å². The van der Waals surface area contributed by atoms with Crippen molar-refractivity contribution in [3.05, 3.63) is 69.7 Å². The largest absolute Gasteiger partial charge is 0.379 e. The van der Waals surface area contributed by atoms with Crippen LogP contribution in [0, 0.1) is 5.92 Å². The maximum atomic E-state index is 13.2. The first-order valence-electron chi connectivity index (χ1n) is 11.0. The van der Waals surface area contributed by atoms with Crippen LogP contribution in [-0.4, -0.2) is 30.1 Å². The molecule has 1 saturated carbocycles. The molecule has 30 heavy (non-hydrogen) atoms. The number of hydrogen-bond acceptors (Lipinski definition) is 2. The van der Waals surface area contributed by atoms with Gasteiger partial charge in [-0.15, -0.1) is 0 Å². The molecule has 0 N–H and O–H groups in total. The summed E-state index contributed by atoms with van der Waals surface area (Å²) in [6, 6.07) is 16.0. The Balaban J connectivity index is 1.68. The normalized spacial score (nSPS) is 22.9. The first-order chi connectivity index (χ1) is 14.6. The lowest BCUT2D eigenvalue weighted by molar-refractivity contribution is -0.143. The SMILES string of the molecule is CCC(COCC1CC1)N1C(=O)CCC(c2cccc(Cl)c2)[C@H]1c1ccc(Cl)cc1. The van der Waals surface area contributed by atoms with Crippen molar-refractivity contribution < 1.29 is 9.53 Å². The van der Waals surface area contributed by atoms with E-state index in [1.807, 2.05) is 42.5 Å². The van der Waals surface area contributed by atoms with E-state index in [0.29, 0.717) is 24.0 Å². The fraction of sp³-hybridized carbons (Fsp3) is 0.480. The second-order valence-electron chi connectivity index (χ2n) is 8.54. The first-order valence-corrected chi connectivity index (χ1v) is 11.7. The molecule has 5 heteroatoms. The average molecular weight is 446 g/mol. The van der Waals surface area contributed by atoms with Crippen LogP contribution in [0.15, 0.2) is 48.5 Å². The Morgan fingerprint density at radius 2 is 1.80 bits per heavy atom. The van der Waals surface area contributed by atoms with E-state index in [2.05, 4.69) is 17.9 Å². The lowest BCUT2D eigenvalue weighted by Gasteiger charge is -2.45. The van der Waals surface area contributed by atoms with Gasteiger partial charge in [-0.05, 0) is 67.0 Å². The highest BCUT2D eigenvalue weighted by Crippen LogP contribution is 2.45. The molecule has 3 atom stereocenters. The zero-order valence-electron chi connectivity index (χ0n) is 17.4. The van der Waals surface area contributed by atoms with E-state index in [-0.39, 0.29) is 23.9 Å². The number of likely N-dealkylation sites (tertiary alicyclic amines) is 1. The van der Waals surface area contributed by atoms with Crippen molar-refractivity contribution in [1.82, 2.24) is 4.90 Å². The zero-order valence-corrected chi connectivity index (χ0v) is 18.9. The first kappa shape index (κ1) is 21.7. The predicted octanol–water partition coefficient (Wildman–Crippen LogP) is 6.65. The molecular weight excluding hydrogens is 417 g/mol. The molecule has 0 spiro atoms. The monoisotopic (exact) mass is 445 g/mol. The van der Waals surface area contributed by atoms with Crippen molar-refractivity contribution in [2.45, 2.75) is 57.0 Å². The number of carbonyl (C=O) groups excluding carboxylic acids is 1. The third-order valence-corrected chi connectivity index (χ3v) is 6.84. The molecule has 1 aliphatic heterocycles. The highest BCUT2D eigenvalue weighted by Gasteiger charge is 2.41. The smallest absolute Gasteiger partial charge is 0.223 e. The van der Waals surface area contributed by atoms with Gasteiger partial charge in [0.05, 0.1) is 18.7 Å². The van der Waals surface area contributed by atoms with Crippen LogP contribution in [0.4, 0.5) is 0 Å². The van der Waals surface area contributed by atoms with E-state index in [4.69, 9.17) is 27.9 Å². The quantitative estimate of drug-likeness (QED) is 0.455. The lowest BCUT2D eigenvalue weighted by atomic mass is 9.79. The number of halogens is 2. The number of rotatable bonds is 8. The molecule has 3 nitrogen and oxygen atoms in total. The van der Waals surface area contributed by atoms with Gasteiger partial charge in [-0.2, -0.15) is 0 Å². The van der Waals surface area contributed by atoms with E-state index in [0.717, 1.165) is 30.0 Å². The molecule has 0 aromatic heterocycles. The van der Waals surface area contributed by atoms with E-state index in [9.17, 15) is 4.79 Å². The van der Waals surface area contributed by atoms with Crippen LogP contribution in [0.3, 0.4) is 0 Å². The number of hydrogen-bond donors (Lipinski definition) is 0. The van der Waals surface area contributed by atoms with Gasteiger partial charge in [0, 0.05) is 29.0 Å². The van der Waals surface area contributed by atoms with Gasteiger partial charge >= 0.3 is 0 Å². The summed E-state index contributed by atoms with van der Waals surface area (Å²) in [5.41, 5.74) is 2.28. The topological polar surface area (TPSA) is 29.5 Å². The van der Waals surface area contributed by atoms with Crippen molar-refractivity contribution in [3.8, 4) is 0 Å². The molecule has 4 rings (SSSR count). The zero-order chi connectivity index (χ0) is 21.1. The maximum Gasteiger partial charge on any atom is 0.223 e. The van der Waals surface area contributed by atoms with Gasteiger partial charge in [-0.25, -0.2) is 0 Å². The van der Waals surface area contributed by atoms with E-state index in [1.54, 1.807) is 0 Å². The van der Waals surface area contributed by atoms with Crippen LogP contribution < -0.4 is 0 Å². The second kappa shape index (κ2) is 9.72. The number of ether oxygens (including phenoxy) is 1. The Morgan fingerprint density at radius 1 is 1.03 bits per heavy atom. The highest BCUT2D eigenvalue weighted by molar-refractivity contribution is 6.30. The van der Waals surface area contributed by atoms with Gasteiger partial charge in [0.15, 0.2) is 0 Å². The number of amides is 1. The molecule has 1 saturated heterocycles. The summed E-state index contributed by atoms with van der Waals surface area (Å²) in [7, 11) is 0. The molecule has 2 fully saturated rings. The van der Waals surface area contributed by atoms with Crippen molar-refractivity contribution in [1.29, 1.82) is 0 Å². The summed E-state index contributed by atoms with van der Waals surface area (Å²) < 4.78 is 6.04. The van der Waals surface area contributed by atoms with Crippen LogP contribution in [0.25, 0.3) is 0 Å². The summed E-state index contributed by atoms with van der Waals surface area (Å²) in [5.74, 6) is 1.10. The standard InChI is InChI=1S/C25H29Cl2NO2/c1-2-22(16-30-15-17-6-7-17)28-24(29)13-12-23(19-4-3-5-21(27)14-19)25(28)18-8-10-20(26)11-9-18/h3-5,8-11,14,17,22-23,25H,2,6-7,12-13,15-16H2,1H3/t22?,23?,25-/m1/s1. The molecule has 2 aromatic rings. The Labute approximate surface area is 189 Å². The van der Waals surface area contributed by atoms with Gasteiger partial charge in [0.1, 0.15) is 0 Å². The number of piperidine rings is 1. The molecule has 1 heterocycles. The molecule has 1 aliphatic carbocycles. The molecule has 0 bridgehead atoms. The van der Waals surface area contributed by atoms with E-state index in [1.165, 1.54) is 18.4 Å². The molecule has 0 radical (unpaired) electrons. The molecule has 2 aromatic carbocycles. The number of nitrogens with zero attached hydrogens (tertiary/aromatic N) is 1. The minimum Gasteiger partial charge on any atom is -0.379 e. The third-order valence-electron chi connectivity index (χ3n) is 6.35. The molecule has 1 amide bonds. The van der Waals surface area contributed by atoms with Crippen LogP contribution in [-0.2, 0) is 9.53 Å². The Bertz CT molecular complexity index is 866. The van der Waals surface area contributed by atoms with E-state index >= 15 is 0 Å². The van der Waals surface area contributed by atoms with Crippen molar-refractivity contribution >= 4 is 29.1 Å². The Morgan fingerprint density at radius 3 is 2.47 bits per heavy atom. The summed E-state index contributed by atoms with van der Waals surface area (Å²) in [5, 5.41) is 1.43. The Kier molecular flexibility index (Phi) is 7.02. The summed E-state index contributed by atoms with van der Waals surface area (Å²) in [6.45, 7) is 3.54. The second-order valence-corrected chi connectivity index (χ2v) is 9.41. The van der Waals surface area contributed by atoms with Gasteiger partial charge in [-0.3, -0.25) is 4.79 Å². The molecule has 160 valence electrons. The lowest BCUT2D eigenvalue weighted by Crippen LogP contribution is -2.49. The van der Waals surface area contributed by atoms with Crippen molar-refractivity contribution in [3.63, 3.8) is 0 Å². The average Bonchev–Trinajstić information content (AvgIpc) is 3.56. The minimum absolute atomic E-state index is 0.0545. The fourth-order valence-corrected chi connectivity index (χ4v) is 4.86. The Hall–Kier alpha value is -1.55. The summed E-state index contributed by atoms with van der Waals surface area (Å²) >= 11 is 12.5. The number of benzene rings is 2. The van der Waals surface area contributed by atoms with Gasteiger partial charge in [0.2, 0.25) is 5.91 Å². The molecule has 2 aliphatic rings. The predicted molar refractivity (Wildman–Crippen MR) is 122 cm³/mol. The van der Waals surface area contributed by atoms with Crippen molar-refractivity contribution in [2.75, 3.05) is 13.2 Å². The number of carbonyl (C=O) groups is 1. The summed E-state index contributed by atoms with van der Waals surface area (Å²) in [6.07, 6.45) is 4.75.